The van der Waals surface area contributed by atoms with Crippen molar-refractivity contribution >= 4 is 10.0 Å². The number of hydrogen-bond donors (Lipinski definition) is 0. The zero-order chi connectivity index (χ0) is 16.6. The molecule has 1 rings (SSSR count). The molecule has 0 bridgehead atoms. The molecule has 0 aromatic heterocycles. The average molecular weight is 334 g/mol. The van der Waals surface area contributed by atoms with Crippen molar-refractivity contribution in [1.82, 2.24) is 4.31 Å². The summed E-state index contributed by atoms with van der Waals surface area (Å²) in [5.74, 6) is 0.255. The minimum atomic E-state index is -3.05. The normalized spacial score (nSPS) is 20.6. The van der Waals surface area contributed by atoms with E-state index < -0.39 is 10.0 Å². The van der Waals surface area contributed by atoms with E-state index in [-0.39, 0.29) is 11.9 Å². The standard InChI is InChI=1S/C17H35NO3S/c1-5-7-10-17(3,4)11-8-13-21-16-9-12-18(15-16)22(19,20)14-6-2/h16H,5-15H2,1-4H3/t16-/m1/s1. The van der Waals surface area contributed by atoms with E-state index in [2.05, 4.69) is 20.8 Å². The Morgan fingerprint density at radius 1 is 1.14 bits per heavy atom. The van der Waals surface area contributed by atoms with Crippen molar-refractivity contribution in [3.63, 3.8) is 0 Å². The van der Waals surface area contributed by atoms with Gasteiger partial charge in [-0.15, -0.1) is 0 Å². The van der Waals surface area contributed by atoms with E-state index in [0.717, 1.165) is 19.4 Å². The number of rotatable bonds is 11. The fourth-order valence-corrected chi connectivity index (χ4v) is 4.61. The molecule has 22 heavy (non-hydrogen) atoms. The van der Waals surface area contributed by atoms with Crippen LogP contribution in [0.25, 0.3) is 0 Å². The Labute approximate surface area is 137 Å². The first kappa shape index (κ1) is 19.9. The second-order valence-corrected chi connectivity index (χ2v) is 9.42. The molecule has 1 aliphatic rings. The van der Waals surface area contributed by atoms with Gasteiger partial charge in [-0.25, -0.2) is 8.42 Å². The molecule has 1 aliphatic heterocycles. The van der Waals surface area contributed by atoms with Crippen LogP contribution in [0.4, 0.5) is 0 Å². The molecule has 0 aliphatic carbocycles. The summed E-state index contributed by atoms with van der Waals surface area (Å²) in [7, 11) is -3.05. The predicted octanol–water partition coefficient (Wildman–Crippen LogP) is 3.81. The van der Waals surface area contributed by atoms with Crippen molar-refractivity contribution in [3.8, 4) is 0 Å². The third-order valence-electron chi connectivity index (χ3n) is 4.52. The van der Waals surface area contributed by atoms with Crippen molar-refractivity contribution in [1.29, 1.82) is 0 Å². The molecule has 5 heteroatoms. The zero-order valence-corrected chi connectivity index (χ0v) is 15.8. The van der Waals surface area contributed by atoms with E-state index in [4.69, 9.17) is 4.74 Å². The molecule has 4 nitrogen and oxygen atoms in total. The molecule has 0 N–H and O–H groups in total. The molecule has 0 spiro atoms. The summed E-state index contributed by atoms with van der Waals surface area (Å²) in [5, 5.41) is 0. The van der Waals surface area contributed by atoms with Gasteiger partial charge in [-0.1, -0.05) is 40.5 Å². The van der Waals surface area contributed by atoms with Gasteiger partial charge in [0.25, 0.3) is 0 Å². The molecule has 1 fully saturated rings. The second-order valence-electron chi connectivity index (χ2n) is 7.33. The Balaban J connectivity index is 2.22. The van der Waals surface area contributed by atoms with Crippen LogP contribution in [0.3, 0.4) is 0 Å². The van der Waals surface area contributed by atoms with E-state index in [1.807, 2.05) is 6.92 Å². The lowest BCUT2D eigenvalue weighted by atomic mass is 9.83. The fraction of sp³-hybridized carbons (Fsp3) is 1.00. The Bertz CT molecular complexity index is 406. The quantitative estimate of drug-likeness (QED) is 0.540. The summed E-state index contributed by atoms with van der Waals surface area (Å²) >= 11 is 0. The maximum absolute atomic E-state index is 12.0. The Morgan fingerprint density at radius 3 is 2.45 bits per heavy atom. The summed E-state index contributed by atoms with van der Waals surface area (Å²) in [6, 6.07) is 0. The van der Waals surface area contributed by atoms with Gasteiger partial charge in [0.15, 0.2) is 0 Å². The summed E-state index contributed by atoms with van der Waals surface area (Å²) in [6.07, 6.45) is 7.66. The molecule has 0 aromatic rings. The molecule has 0 unspecified atom stereocenters. The first-order valence-corrected chi connectivity index (χ1v) is 10.5. The highest BCUT2D eigenvalue weighted by atomic mass is 32.2. The van der Waals surface area contributed by atoms with Crippen LogP contribution in [0.5, 0.6) is 0 Å². The second kappa shape index (κ2) is 9.24. The Hall–Kier alpha value is -0.130. The Morgan fingerprint density at radius 2 is 1.82 bits per heavy atom. The van der Waals surface area contributed by atoms with Gasteiger partial charge in [-0.05, 0) is 37.5 Å². The van der Waals surface area contributed by atoms with Crippen LogP contribution >= 0.6 is 0 Å². The van der Waals surface area contributed by atoms with E-state index >= 15 is 0 Å². The zero-order valence-electron chi connectivity index (χ0n) is 14.9. The molecule has 1 atom stereocenters. The summed E-state index contributed by atoms with van der Waals surface area (Å²) in [5.41, 5.74) is 0.394. The number of unbranched alkanes of at least 4 members (excludes halogenated alkanes) is 1. The van der Waals surface area contributed by atoms with E-state index in [1.165, 1.54) is 25.7 Å². The van der Waals surface area contributed by atoms with Crippen LogP contribution in [0.15, 0.2) is 0 Å². The smallest absolute Gasteiger partial charge is 0.214 e. The molecule has 1 heterocycles. The summed E-state index contributed by atoms with van der Waals surface area (Å²) < 4.78 is 31.5. The highest BCUT2D eigenvalue weighted by Crippen LogP contribution is 2.29. The van der Waals surface area contributed by atoms with Gasteiger partial charge in [0, 0.05) is 19.7 Å². The van der Waals surface area contributed by atoms with Crippen LogP contribution in [-0.4, -0.2) is 44.3 Å². The molecule has 1 saturated heterocycles. The van der Waals surface area contributed by atoms with Crippen molar-refractivity contribution in [2.75, 3.05) is 25.4 Å². The number of hydrogen-bond acceptors (Lipinski definition) is 3. The first-order valence-electron chi connectivity index (χ1n) is 8.90. The van der Waals surface area contributed by atoms with E-state index in [0.29, 0.717) is 24.9 Å². The topological polar surface area (TPSA) is 46.6 Å². The number of ether oxygens (including phenoxy) is 1. The number of sulfonamides is 1. The average Bonchev–Trinajstić information content (AvgIpc) is 2.91. The fourth-order valence-electron chi connectivity index (χ4n) is 3.05. The van der Waals surface area contributed by atoms with Gasteiger partial charge < -0.3 is 4.74 Å². The summed E-state index contributed by atoms with van der Waals surface area (Å²) in [4.78, 5) is 0. The molecule has 132 valence electrons. The first-order chi connectivity index (χ1) is 10.3. The molecule has 0 amide bonds. The van der Waals surface area contributed by atoms with Gasteiger partial charge >= 0.3 is 0 Å². The monoisotopic (exact) mass is 333 g/mol. The predicted molar refractivity (Wildman–Crippen MR) is 92.5 cm³/mol. The van der Waals surface area contributed by atoms with Crippen LogP contribution in [0.2, 0.25) is 0 Å². The van der Waals surface area contributed by atoms with Crippen molar-refractivity contribution in [3.05, 3.63) is 0 Å². The lowest BCUT2D eigenvalue weighted by molar-refractivity contribution is 0.0553. The van der Waals surface area contributed by atoms with Crippen LogP contribution < -0.4 is 0 Å². The van der Waals surface area contributed by atoms with Gasteiger partial charge in [0.2, 0.25) is 10.0 Å². The van der Waals surface area contributed by atoms with Crippen LogP contribution in [-0.2, 0) is 14.8 Å². The third kappa shape index (κ3) is 6.97. The molecule has 0 radical (unpaired) electrons. The largest absolute Gasteiger partial charge is 0.377 e. The molecular formula is C17H35NO3S. The minimum Gasteiger partial charge on any atom is -0.377 e. The van der Waals surface area contributed by atoms with E-state index in [9.17, 15) is 8.42 Å². The Kier molecular flexibility index (Phi) is 8.36. The van der Waals surface area contributed by atoms with Gasteiger partial charge in [0.05, 0.1) is 11.9 Å². The van der Waals surface area contributed by atoms with Crippen molar-refractivity contribution in [2.45, 2.75) is 78.7 Å². The summed E-state index contributed by atoms with van der Waals surface area (Å²) in [6.45, 7) is 10.7. The maximum Gasteiger partial charge on any atom is 0.214 e. The van der Waals surface area contributed by atoms with E-state index in [1.54, 1.807) is 4.31 Å². The lowest BCUT2D eigenvalue weighted by Crippen LogP contribution is -2.32. The SMILES string of the molecule is CCCCC(C)(C)CCCO[C@@H]1CCN(S(=O)(=O)CCC)C1. The van der Waals surface area contributed by atoms with Gasteiger partial charge in [0.1, 0.15) is 0 Å². The lowest BCUT2D eigenvalue weighted by Gasteiger charge is -2.24. The van der Waals surface area contributed by atoms with Crippen LogP contribution in [0.1, 0.15) is 72.6 Å². The van der Waals surface area contributed by atoms with Crippen molar-refractivity contribution < 1.29 is 13.2 Å². The molecule has 0 saturated carbocycles. The third-order valence-corrected chi connectivity index (χ3v) is 6.56. The number of nitrogens with zero attached hydrogens (tertiary/aromatic N) is 1. The minimum absolute atomic E-state index is 0.0883. The molecule has 0 aromatic carbocycles. The highest BCUT2D eigenvalue weighted by molar-refractivity contribution is 7.89. The maximum atomic E-state index is 12.0. The van der Waals surface area contributed by atoms with Crippen molar-refractivity contribution in [2.24, 2.45) is 5.41 Å². The van der Waals surface area contributed by atoms with Gasteiger partial charge in [-0.3, -0.25) is 0 Å². The van der Waals surface area contributed by atoms with Gasteiger partial charge in [-0.2, -0.15) is 4.31 Å². The highest BCUT2D eigenvalue weighted by Gasteiger charge is 2.31. The van der Waals surface area contributed by atoms with Crippen LogP contribution in [0, 0.1) is 5.41 Å². The molecular weight excluding hydrogens is 298 g/mol.